The van der Waals surface area contributed by atoms with Gasteiger partial charge in [0.15, 0.2) is 0 Å². The van der Waals surface area contributed by atoms with E-state index in [9.17, 15) is 13.2 Å². The molecular weight excluding hydrogens is 550 g/mol. The summed E-state index contributed by atoms with van der Waals surface area (Å²) in [5.41, 5.74) is 8.48. The predicted octanol–water partition coefficient (Wildman–Crippen LogP) is 4.65. The summed E-state index contributed by atoms with van der Waals surface area (Å²) in [6.07, 6.45) is 2.70. The maximum Gasteiger partial charge on any atom is 0.267 e. The highest BCUT2D eigenvalue weighted by molar-refractivity contribution is 7.92. The van der Waals surface area contributed by atoms with Crippen molar-refractivity contribution in [2.45, 2.75) is 13.0 Å². The fraction of sp³-hybridized carbons (Fsp3) is 0.143. The number of halogens is 1. The summed E-state index contributed by atoms with van der Waals surface area (Å²) in [5.74, 6) is 0.862. The van der Waals surface area contributed by atoms with Crippen molar-refractivity contribution in [1.29, 1.82) is 0 Å². The zero-order valence-corrected chi connectivity index (χ0v) is 23.5. The molecule has 0 bridgehead atoms. The highest BCUT2D eigenvalue weighted by atomic mass is 35.5. The van der Waals surface area contributed by atoms with Gasteiger partial charge in [0.05, 0.1) is 39.6 Å². The van der Waals surface area contributed by atoms with E-state index in [1.54, 1.807) is 42.6 Å². The molecule has 0 amide bonds. The maximum absolute atomic E-state index is 13.8. The van der Waals surface area contributed by atoms with Gasteiger partial charge in [0, 0.05) is 18.8 Å². The second-order valence-electron chi connectivity index (χ2n) is 9.22. The van der Waals surface area contributed by atoms with Crippen LogP contribution in [0.1, 0.15) is 18.8 Å². The number of anilines is 3. The van der Waals surface area contributed by atoms with Gasteiger partial charge in [-0.1, -0.05) is 48.0 Å². The summed E-state index contributed by atoms with van der Waals surface area (Å²) in [6.45, 7) is 1.85. The highest BCUT2D eigenvalue weighted by Crippen LogP contribution is 2.32. The van der Waals surface area contributed by atoms with E-state index in [0.29, 0.717) is 50.1 Å². The van der Waals surface area contributed by atoms with Crippen LogP contribution in [0.15, 0.2) is 83.8 Å². The Kier molecular flexibility index (Phi) is 7.17. The van der Waals surface area contributed by atoms with Crippen LogP contribution in [0.4, 0.5) is 17.5 Å². The first-order valence-electron chi connectivity index (χ1n) is 12.2. The lowest BCUT2D eigenvalue weighted by molar-refractivity contribution is 0.600. The number of para-hydroxylation sites is 1. The monoisotopic (exact) mass is 575 g/mol. The quantitative estimate of drug-likeness (QED) is 0.286. The zero-order valence-electron chi connectivity index (χ0n) is 21.9. The van der Waals surface area contributed by atoms with Gasteiger partial charge in [0.25, 0.3) is 5.56 Å². The van der Waals surface area contributed by atoms with Gasteiger partial charge in [-0.05, 0) is 48.9 Å². The van der Waals surface area contributed by atoms with Crippen LogP contribution in [0.3, 0.4) is 0 Å². The number of aromatic nitrogens is 4. The summed E-state index contributed by atoms with van der Waals surface area (Å²) < 4.78 is 26.9. The van der Waals surface area contributed by atoms with Crippen molar-refractivity contribution in [2.24, 2.45) is 0 Å². The van der Waals surface area contributed by atoms with E-state index in [2.05, 4.69) is 15.3 Å². The van der Waals surface area contributed by atoms with Crippen LogP contribution in [0.25, 0.3) is 27.7 Å². The van der Waals surface area contributed by atoms with E-state index < -0.39 is 16.1 Å². The molecule has 204 valence electrons. The molecule has 5 rings (SSSR count). The molecule has 0 saturated heterocycles. The third-order valence-corrected chi connectivity index (χ3v) is 7.97. The molecule has 0 fully saturated rings. The van der Waals surface area contributed by atoms with Gasteiger partial charge >= 0.3 is 0 Å². The molecule has 0 aliphatic carbocycles. The van der Waals surface area contributed by atoms with Crippen LogP contribution >= 0.6 is 11.6 Å². The first kappa shape index (κ1) is 27.1. The molecule has 3 N–H and O–H groups in total. The Balaban J connectivity index is 1.63. The molecule has 2 aromatic heterocycles. The predicted molar refractivity (Wildman–Crippen MR) is 160 cm³/mol. The van der Waals surface area contributed by atoms with Gasteiger partial charge in [0.2, 0.25) is 16.0 Å². The van der Waals surface area contributed by atoms with Gasteiger partial charge in [0.1, 0.15) is 11.6 Å². The van der Waals surface area contributed by atoms with Crippen molar-refractivity contribution in [2.75, 3.05) is 28.7 Å². The average Bonchev–Trinajstić information content (AvgIpc) is 2.92. The highest BCUT2D eigenvalue weighted by Gasteiger charge is 2.22. The fourth-order valence-electron chi connectivity index (χ4n) is 4.37. The standard InChI is InChI=1S/C28H26ClN7O3S/c1-17(26-33-23-14-8-13-22(29)24(23)27(37)36(26)19-10-5-4-6-11-19)32-25-21(16-31-28(30)34-25)18-9-7-12-20(15-18)35(2)40(3,38)39/h4-17H,1-3H3,(H3,30,31,32,34). The molecular formula is C28H26ClN7O3S. The normalized spacial score (nSPS) is 12.3. The van der Waals surface area contributed by atoms with Gasteiger partial charge in [-0.25, -0.2) is 18.4 Å². The Hall–Kier alpha value is -4.48. The molecule has 3 aromatic carbocycles. The molecule has 0 spiro atoms. The van der Waals surface area contributed by atoms with Gasteiger partial charge in [-0.3, -0.25) is 13.7 Å². The van der Waals surface area contributed by atoms with Crippen LogP contribution in [0.5, 0.6) is 0 Å². The number of benzene rings is 3. The number of sulfonamides is 1. The Morgan fingerprint density at radius 2 is 1.75 bits per heavy atom. The van der Waals surface area contributed by atoms with Crippen molar-refractivity contribution in [3.8, 4) is 16.8 Å². The number of nitrogens with two attached hydrogens (primary N) is 1. The second-order valence-corrected chi connectivity index (χ2v) is 11.6. The van der Waals surface area contributed by atoms with Crippen LogP contribution in [-0.4, -0.2) is 41.2 Å². The van der Waals surface area contributed by atoms with Crippen molar-refractivity contribution >= 4 is 50.0 Å². The SMILES string of the molecule is CC(Nc1nc(N)ncc1-c1cccc(N(C)S(C)(=O)=O)c1)c1nc2cccc(Cl)c2c(=O)n1-c1ccccc1. The number of nitrogens with zero attached hydrogens (tertiary/aromatic N) is 5. The van der Waals surface area contributed by atoms with E-state index in [1.165, 1.54) is 15.9 Å². The third-order valence-electron chi connectivity index (χ3n) is 6.45. The smallest absolute Gasteiger partial charge is 0.267 e. The fourth-order valence-corrected chi connectivity index (χ4v) is 5.12. The molecule has 0 aliphatic heterocycles. The van der Waals surface area contributed by atoms with Crippen molar-refractivity contribution in [3.63, 3.8) is 0 Å². The largest absolute Gasteiger partial charge is 0.368 e. The van der Waals surface area contributed by atoms with Gasteiger partial charge < -0.3 is 11.1 Å². The topological polar surface area (TPSA) is 136 Å². The number of rotatable bonds is 7. The third kappa shape index (κ3) is 5.21. The molecule has 40 heavy (non-hydrogen) atoms. The van der Waals surface area contributed by atoms with Crippen molar-refractivity contribution in [3.05, 3.63) is 100 Å². The molecule has 12 heteroatoms. The number of fused-ring (bicyclic) bond motifs is 1. The van der Waals surface area contributed by atoms with Crippen LogP contribution in [0, 0.1) is 0 Å². The van der Waals surface area contributed by atoms with E-state index in [-0.39, 0.29) is 11.5 Å². The molecule has 10 nitrogen and oxygen atoms in total. The summed E-state index contributed by atoms with van der Waals surface area (Å²) >= 11 is 6.41. The molecule has 0 saturated carbocycles. The van der Waals surface area contributed by atoms with E-state index >= 15 is 0 Å². The van der Waals surface area contributed by atoms with E-state index in [0.717, 1.165) is 6.26 Å². The average molecular weight is 576 g/mol. The minimum Gasteiger partial charge on any atom is -0.368 e. The minimum atomic E-state index is -3.47. The molecule has 1 atom stereocenters. The summed E-state index contributed by atoms with van der Waals surface area (Å²) in [6, 6.07) is 20.8. The van der Waals surface area contributed by atoms with Crippen LogP contribution in [0.2, 0.25) is 5.02 Å². The molecule has 5 aromatic rings. The first-order chi connectivity index (χ1) is 19.0. The Bertz CT molecular complexity index is 1900. The maximum atomic E-state index is 13.8. The van der Waals surface area contributed by atoms with Crippen molar-refractivity contribution < 1.29 is 8.42 Å². The van der Waals surface area contributed by atoms with Crippen LogP contribution < -0.4 is 20.9 Å². The van der Waals surface area contributed by atoms with Gasteiger partial charge in [-0.2, -0.15) is 4.98 Å². The lowest BCUT2D eigenvalue weighted by Crippen LogP contribution is -2.27. The Morgan fingerprint density at radius 3 is 2.48 bits per heavy atom. The number of nitrogens with one attached hydrogen (secondary N) is 1. The molecule has 2 heterocycles. The van der Waals surface area contributed by atoms with Crippen molar-refractivity contribution in [1.82, 2.24) is 19.5 Å². The zero-order chi connectivity index (χ0) is 28.6. The molecule has 1 unspecified atom stereocenters. The van der Waals surface area contributed by atoms with E-state index in [4.69, 9.17) is 22.3 Å². The lowest BCUT2D eigenvalue weighted by Gasteiger charge is -2.22. The number of nitrogen functional groups attached to an aromatic ring is 1. The van der Waals surface area contributed by atoms with E-state index in [1.807, 2.05) is 43.3 Å². The molecule has 0 radical (unpaired) electrons. The Morgan fingerprint density at radius 1 is 1.02 bits per heavy atom. The van der Waals surface area contributed by atoms with Gasteiger partial charge in [-0.15, -0.1) is 0 Å². The van der Waals surface area contributed by atoms with Crippen LogP contribution in [-0.2, 0) is 10.0 Å². The molecule has 0 aliphatic rings. The number of hydrogen-bond acceptors (Lipinski definition) is 8. The summed E-state index contributed by atoms with van der Waals surface area (Å²) in [7, 11) is -1.98. The summed E-state index contributed by atoms with van der Waals surface area (Å²) in [5, 5.41) is 3.98. The lowest BCUT2D eigenvalue weighted by atomic mass is 10.1. The minimum absolute atomic E-state index is 0.0431. The second kappa shape index (κ2) is 10.6. The first-order valence-corrected chi connectivity index (χ1v) is 14.5. The Labute approximate surface area is 236 Å². The number of hydrogen-bond donors (Lipinski definition) is 2. The summed E-state index contributed by atoms with van der Waals surface area (Å²) in [4.78, 5) is 27.2.